The summed E-state index contributed by atoms with van der Waals surface area (Å²) in [6.07, 6.45) is -3.96. The molecule has 0 radical (unpaired) electrons. The Morgan fingerprint density at radius 1 is 0.950 bits per heavy atom. The third kappa shape index (κ3) is 3.74. The van der Waals surface area contributed by atoms with E-state index < -0.39 is 6.36 Å². The van der Waals surface area contributed by atoms with Crippen LogP contribution in [-0.4, -0.2) is 12.9 Å². The minimum atomic E-state index is -4.70. The number of hydrogen-bond acceptors (Lipinski definition) is 2. The Kier molecular flexibility index (Phi) is 4.29. The maximum Gasteiger partial charge on any atom is 0.573 e. The summed E-state index contributed by atoms with van der Waals surface area (Å²) in [5, 5.41) is 0. The molecular weight excluding hydrogens is 267 g/mol. The lowest BCUT2D eigenvalue weighted by atomic mass is 10.0. The van der Waals surface area contributed by atoms with Crippen LogP contribution in [-0.2, 0) is 6.42 Å². The molecule has 0 aromatic heterocycles. The molecule has 5 heteroatoms. The van der Waals surface area contributed by atoms with Crippen molar-refractivity contribution in [3.8, 4) is 16.9 Å². The van der Waals surface area contributed by atoms with Crippen LogP contribution in [0.25, 0.3) is 11.1 Å². The lowest BCUT2D eigenvalue weighted by molar-refractivity contribution is -0.274. The van der Waals surface area contributed by atoms with Gasteiger partial charge in [-0.2, -0.15) is 0 Å². The molecule has 0 saturated heterocycles. The standard InChI is InChI=1S/C15H14F3NO/c16-15(17,18)20-14-4-2-1-3-13(14)12-7-5-11(6-8-12)9-10-19/h1-8H,9-10,19H2. The molecule has 0 fully saturated rings. The van der Waals surface area contributed by atoms with Gasteiger partial charge in [0, 0.05) is 5.56 Å². The van der Waals surface area contributed by atoms with Crippen molar-refractivity contribution < 1.29 is 17.9 Å². The van der Waals surface area contributed by atoms with Gasteiger partial charge in [-0.15, -0.1) is 13.2 Å². The second-order valence-corrected chi connectivity index (χ2v) is 4.28. The molecule has 0 spiro atoms. The Labute approximate surface area is 115 Å². The van der Waals surface area contributed by atoms with E-state index in [1.54, 1.807) is 24.3 Å². The fourth-order valence-electron chi connectivity index (χ4n) is 1.94. The fraction of sp³-hybridized carbons (Fsp3) is 0.200. The summed E-state index contributed by atoms with van der Waals surface area (Å²) in [5.74, 6) is -0.202. The second-order valence-electron chi connectivity index (χ2n) is 4.28. The number of nitrogens with two attached hydrogens (primary N) is 1. The van der Waals surface area contributed by atoms with E-state index in [4.69, 9.17) is 5.73 Å². The van der Waals surface area contributed by atoms with Gasteiger partial charge in [0.2, 0.25) is 0 Å². The molecule has 106 valence electrons. The number of halogens is 3. The van der Waals surface area contributed by atoms with E-state index in [0.717, 1.165) is 12.0 Å². The van der Waals surface area contributed by atoms with Crippen LogP contribution >= 0.6 is 0 Å². The van der Waals surface area contributed by atoms with Crippen molar-refractivity contribution in [2.24, 2.45) is 5.73 Å². The van der Waals surface area contributed by atoms with Crippen molar-refractivity contribution in [1.82, 2.24) is 0 Å². The van der Waals surface area contributed by atoms with Crippen LogP contribution < -0.4 is 10.5 Å². The van der Waals surface area contributed by atoms with Crippen molar-refractivity contribution in [1.29, 1.82) is 0 Å². The predicted molar refractivity (Wildman–Crippen MR) is 71.3 cm³/mol. The third-order valence-electron chi connectivity index (χ3n) is 2.81. The number of hydrogen-bond donors (Lipinski definition) is 1. The molecule has 2 rings (SSSR count). The second kappa shape index (κ2) is 5.96. The maximum atomic E-state index is 12.4. The first-order chi connectivity index (χ1) is 9.49. The summed E-state index contributed by atoms with van der Waals surface area (Å²) in [7, 11) is 0. The molecule has 20 heavy (non-hydrogen) atoms. The first-order valence-corrected chi connectivity index (χ1v) is 6.14. The van der Waals surface area contributed by atoms with Crippen LogP contribution in [0.3, 0.4) is 0 Å². The van der Waals surface area contributed by atoms with Gasteiger partial charge in [0.05, 0.1) is 0 Å². The van der Waals surface area contributed by atoms with E-state index in [0.29, 0.717) is 17.7 Å². The Hall–Kier alpha value is -2.01. The zero-order valence-corrected chi connectivity index (χ0v) is 10.7. The van der Waals surface area contributed by atoms with Crippen LogP contribution in [0.1, 0.15) is 5.56 Å². The van der Waals surface area contributed by atoms with Gasteiger partial charge in [0.1, 0.15) is 5.75 Å². The van der Waals surface area contributed by atoms with Gasteiger partial charge < -0.3 is 10.5 Å². The number of ether oxygens (including phenoxy) is 1. The van der Waals surface area contributed by atoms with Crippen LogP contribution in [0.4, 0.5) is 13.2 Å². The molecular formula is C15H14F3NO. The molecule has 0 atom stereocenters. The molecule has 2 N–H and O–H groups in total. The normalized spacial score (nSPS) is 11.4. The average molecular weight is 281 g/mol. The van der Waals surface area contributed by atoms with E-state index in [9.17, 15) is 13.2 Å². The van der Waals surface area contributed by atoms with E-state index in [1.807, 2.05) is 12.1 Å². The summed E-state index contributed by atoms with van der Waals surface area (Å²) in [4.78, 5) is 0. The summed E-state index contributed by atoms with van der Waals surface area (Å²) in [6.45, 7) is 0.535. The molecule has 0 bridgehead atoms. The highest BCUT2D eigenvalue weighted by atomic mass is 19.4. The predicted octanol–water partition coefficient (Wildman–Crippen LogP) is 3.75. The minimum Gasteiger partial charge on any atom is -0.405 e. The van der Waals surface area contributed by atoms with E-state index in [1.165, 1.54) is 12.1 Å². The smallest absolute Gasteiger partial charge is 0.405 e. The van der Waals surface area contributed by atoms with Gasteiger partial charge in [-0.3, -0.25) is 0 Å². The number of benzene rings is 2. The fourth-order valence-corrected chi connectivity index (χ4v) is 1.94. The monoisotopic (exact) mass is 281 g/mol. The van der Waals surface area contributed by atoms with Gasteiger partial charge in [-0.05, 0) is 30.2 Å². The van der Waals surface area contributed by atoms with Crippen LogP contribution in [0.5, 0.6) is 5.75 Å². The summed E-state index contributed by atoms with van der Waals surface area (Å²) >= 11 is 0. The molecule has 0 aliphatic heterocycles. The lowest BCUT2D eigenvalue weighted by Crippen LogP contribution is -2.17. The molecule has 0 aliphatic carbocycles. The molecule has 0 amide bonds. The Bertz CT molecular complexity index is 564. The van der Waals surface area contributed by atoms with Crippen LogP contribution in [0, 0.1) is 0 Å². The molecule has 0 saturated carbocycles. The van der Waals surface area contributed by atoms with Crippen LogP contribution in [0.2, 0.25) is 0 Å². The average Bonchev–Trinajstić information content (AvgIpc) is 2.39. The first kappa shape index (κ1) is 14.4. The summed E-state index contributed by atoms with van der Waals surface area (Å²) in [6, 6.07) is 13.3. The summed E-state index contributed by atoms with van der Waals surface area (Å²) < 4.78 is 41.1. The molecule has 0 unspecified atom stereocenters. The Balaban J connectivity index is 2.32. The zero-order valence-electron chi connectivity index (χ0n) is 10.7. The Morgan fingerprint density at radius 3 is 2.20 bits per heavy atom. The lowest BCUT2D eigenvalue weighted by Gasteiger charge is -2.13. The summed E-state index contributed by atoms with van der Waals surface area (Å²) in [5.41, 5.74) is 7.58. The number of para-hydroxylation sites is 1. The van der Waals surface area contributed by atoms with E-state index in [2.05, 4.69) is 4.74 Å². The minimum absolute atomic E-state index is 0.202. The number of alkyl halides is 3. The van der Waals surface area contributed by atoms with Crippen molar-refractivity contribution >= 4 is 0 Å². The van der Waals surface area contributed by atoms with Crippen LogP contribution in [0.15, 0.2) is 48.5 Å². The SMILES string of the molecule is NCCc1ccc(-c2ccccc2OC(F)(F)F)cc1. The van der Waals surface area contributed by atoms with Crippen molar-refractivity contribution in [3.63, 3.8) is 0 Å². The van der Waals surface area contributed by atoms with Gasteiger partial charge in [-0.1, -0.05) is 42.5 Å². The Morgan fingerprint density at radius 2 is 1.60 bits per heavy atom. The number of rotatable bonds is 4. The largest absolute Gasteiger partial charge is 0.573 e. The van der Waals surface area contributed by atoms with Gasteiger partial charge >= 0.3 is 6.36 Å². The van der Waals surface area contributed by atoms with Crippen molar-refractivity contribution in [3.05, 3.63) is 54.1 Å². The zero-order chi connectivity index (χ0) is 14.6. The highest BCUT2D eigenvalue weighted by Crippen LogP contribution is 2.33. The van der Waals surface area contributed by atoms with Gasteiger partial charge in [0.15, 0.2) is 0 Å². The topological polar surface area (TPSA) is 35.2 Å². The molecule has 0 heterocycles. The van der Waals surface area contributed by atoms with Gasteiger partial charge in [-0.25, -0.2) is 0 Å². The maximum absolute atomic E-state index is 12.4. The van der Waals surface area contributed by atoms with Crippen molar-refractivity contribution in [2.75, 3.05) is 6.54 Å². The first-order valence-electron chi connectivity index (χ1n) is 6.14. The highest BCUT2D eigenvalue weighted by Gasteiger charge is 2.32. The molecule has 2 aromatic rings. The molecule has 2 aromatic carbocycles. The third-order valence-corrected chi connectivity index (χ3v) is 2.81. The molecule has 2 nitrogen and oxygen atoms in total. The van der Waals surface area contributed by atoms with E-state index in [-0.39, 0.29) is 5.75 Å². The molecule has 0 aliphatic rings. The van der Waals surface area contributed by atoms with Crippen molar-refractivity contribution in [2.45, 2.75) is 12.8 Å². The highest BCUT2D eigenvalue weighted by molar-refractivity contribution is 5.70. The van der Waals surface area contributed by atoms with Gasteiger partial charge in [0.25, 0.3) is 0 Å². The quantitative estimate of drug-likeness (QED) is 0.926. The van der Waals surface area contributed by atoms with E-state index >= 15 is 0 Å².